The third-order valence-electron chi connectivity index (χ3n) is 1.39. The zero-order chi connectivity index (χ0) is 10.1. The van der Waals surface area contributed by atoms with Gasteiger partial charge in [-0.2, -0.15) is 0 Å². The molecular weight excluding hydrogens is 174 g/mol. The molecule has 5 nitrogen and oxygen atoms in total. The van der Waals surface area contributed by atoms with Crippen molar-refractivity contribution in [2.24, 2.45) is 0 Å². The molecule has 5 heteroatoms. The molecule has 0 aliphatic heterocycles. The number of aliphatic hydroxyl groups excluding tert-OH is 2. The molecule has 0 aromatic carbocycles. The van der Waals surface area contributed by atoms with E-state index in [0.717, 1.165) is 6.42 Å². The Morgan fingerprint density at radius 1 is 1.46 bits per heavy atom. The van der Waals surface area contributed by atoms with Crippen molar-refractivity contribution in [3.8, 4) is 0 Å². The van der Waals surface area contributed by atoms with Crippen molar-refractivity contribution in [2.45, 2.75) is 19.4 Å². The molecule has 0 aromatic rings. The van der Waals surface area contributed by atoms with Crippen molar-refractivity contribution in [3.05, 3.63) is 0 Å². The molecule has 78 valence electrons. The summed E-state index contributed by atoms with van der Waals surface area (Å²) >= 11 is 0. The summed E-state index contributed by atoms with van der Waals surface area (Å²) in [5.74, 6) is -0.318. The zero-order valence-electron chi connectivity index (χ0n) is 7.82. The average molecular weight is 191 g/mol. The third kappa shape index (κ3) is 6.51. The maximum Gasteiger partial charge on any atom is 0.246 e. The summed E-state index contributed by atoms with van der Waals surface area (Å²) < 4.78 is 4.96. The second-order valence-electron chi connectivity index (χ2n) is 2.68. The van der Waals surface area contributed by atoms with Gasteiger partial charge in [-0.1, -0.05) is 6.92 Å². The molecule has 0 heterocycles. The van der Waals surface area contributed by atoms with Crippen molar-refractivity contribution in [1.29, 1.82) is 0 Å². The van der Waals surface area contributed by atoms with Crippen LogP contribution < -0.4 is 5.32 Å². The fraction of sp³-hybridized carbons (Fsp3) is 0.875. The fourth-order valence-corrected chi connectivity index (χ4v) is 0.728. The van der Waals surface area contributed by atoms with Crippen LogP contribution in [-0.2, 0) is 9.53 Å². The smallest absolute Gasteiger partial charge is 0.246 e. The molecule has 0 radical (unpaired) electrons. The Balaban J connectivity index is 3.48. The van der Waals surface area contributed by atoms with Gasteiger partial charge in [-0.3, -0.25) is 4.79 Å². The summed E-state index contributed by atoms with van der Waals surface area (Å²) in [5.41, 5.74) is 0. The molecule has 0 spiro atoms. The summed E-state index contributed by atoms with van der Waals surface area (Å²) in [6.07, 6.45) is 0.858. The van der Waals surface area contributed by atoms with E-state index in [0.29, 0.717) is 6.61 Å². The lowest BCUT2D eigenvalue weighted by atomic mass is 10.3. The number of nitrogens with one attached hydrogen (secondary N) is 1. The molecule has 1 amide bonds. The Bertz CT molecular complexity index is 136. The van der Waals surface area contributed by atoms with Gasteiger partial charge in [0.05, 0.1) is 19.3 Å². The minimum absolute atomic E-state index is 0.0235. The topological polar surface area (TPSA) is 78.8 Å². The van der Waals surface area contributed by atoms with E-state index in [9.17, 15) is 4.79 Å². The lowest BCUT2D eigenvalue weighted by Gasteiger charge is -2.12. The minimum atomic E-state index is -0.585. The predicted octanol–water partition coefficient (Wildman–Crippen LogP) is -1.12. The van der Waals surface area contributed by atoms with Crippen LogP contribution >= 0.6 is 0 Å². The van der Waals surface area contributed by atoms with Crippen molar-refractivity contribution >= 4 is 5.91 Å². The molecule has 0 rings (SSSR count). The van der Waals surface area contributed by atoms with Gasteiger partial charge in [0.2, 0.25) is 5.91 Å². The van der Waals surface area contributed by atoms with Crippen molar-refractivity contribution in [2.75, 3.05) is 26.4 Å². The van der Waals surface area contributed by atoms with Crippen LogP contribution in [0.15, 0.2) is 0 Å². The summed E-state index contributed by atoms with van der Waals surface area (Å²) in [4.78, 5) is 11.0. The first-order valence-corrected chi connectivity index (χ1v) is 4.33. The molecule has 0 saturated heterocycles. The maximum atomic E-state index is 11.0. The van der Waals surface area contributed by atoms with Crippen molar-refractivity contribution < 1.29 is 19.7 Å². The molecule has 3 N–H and O–H groups in total. The number of hydrogen-bond acceptors (Lipinski definition) is 4. The van der Waals surface area contributed by atoms with Crippen LogP contribution in [0, 0.1) is 0 Å². The number of carbonyl (C=O) groups is 1. The monoisotopic (exact) mass is 191 g/mol. The van der Waals surface area contributed by atoms with Gasteiger partial charge in [0.25, 0.3) is 0 Å². The summed E-state index contributed by atoms with van der Waals surface area (Å²) in [7, 11) is 0. The van der Waals surface area contributed by atoms with Crippen molar-refractivity contribution in [3.63, 3.8) is 0 Å². The van der Waals surface area contributed by atoms with E-state index in [1.807, 2.05) is 6.92 Å². The standard InChI is InChI=1S/C8H17NO4/c1-2-3-13-6-8(12)9-7(4-10)5-11/h7,10-11H,2-6H2,1H3,(H,9,12). The van der Waals surface area contributed by atoms with Gasteiger partial charge in [0, 0.05) is 6.61 Å². The van der Waals surface area contributed by atoms with Crippen LogP contribution in [0.3, 0.4) is 0 Å². The highest BCUT2D eigenvalue weighted by molar-refractivity contribution is 5.77. The Kier molecular flexibility index (Phi) is 7.57. The van der Waals surface area contributed by atoms with Gasteiger partial charge in [0.1, 0.15) is 6.61 Å². The van der Waals surface area contributed by atoms with Crippen LogP contribution in [0.2, 0.25) is 0 Å². The van der Waals surface area contributed by atoms with Gasteiger partial charge < -0.3 is 20.3 Å². The van der Waals surface area contributed by atoms with Crippen molar-refractivity contribution in [1.82, 2.24) is 5.32 Å². The number of hydrogen-bond donors (Lipinski definition) is 3. The molecule has 0 aromatic heterocycles. The lowest BCUT2D eigenvalue weighted by Crippen LogP contribution is -2.41. The van der Waals surface area contributed by atoms with E-state index in [-0.39, 0.29) is 25.7 Å². The highest BCUT2D eigenvalue weighted by Crippen LogP contribution is 1.83. The Labute approximate surface area is 77.7 Å². The van der Waals surface area contributed by atoms with Gasteiger partial charge in [-0.05, 0) is 6.42 Å². The third-order valence-corrected chi connectivity index (χ3v) is 1.39. The highest BCUT2D eigenvalue weighted by Gasteiger charge is 2.09. The number of rotatable bonds is 7. The van der Waals surface area contributed by atoms with E-state index in [1.54, 1.807) is 0 Å². The Morgan fingerprint density at radius 2 is 2.08 bits per heavy atom. The van der Waals surface area contributed by atoms with E-state index in [2.05, 4.69) is 5.32 Å². The molecular formula is C8H17NO4. The molecule has 0 saturated carbocycles. The first-order valence-electron chi connectivity index (χ1n) is 4.33. The van der Waals surface area contributed by atoms with Gasteiger partial charge in [-0.15, -0.1) is 0 Å². The van der Waals surface area contributed by atoms with E-state index >= 15 is 0 Å². The first-order chi connectivity index (χ1) is 6.24. The minimum Gasteiger partial charge on any atom is -0.394 e. The van der Waals surface area contributed by atoms with E-state index < -0.39 is 6.04 Å². The Morgan fingerprint density at radius 3 is 2.54 bits per heavy atom. The highest BCUT2D eigenvalue weighted by atomic mass is 16.5. The molecule has 0 fully saturated rings. The SMILES string of the molecule is CCCOCC(=O)NC(CO)CO. The average Bonchev–Trinajstić information content (AvgIpc) is 2.14. The number of ether oxygens (including phenoxy) is 1. The van der Waals surface area contributed by atoms with Crippen LogP contribution in [0.5, 0.6) is 0 Å². The second-order valence-corrected chi connectivity index (χ2v) is 2.68. The van der Waals surface area contributed by atoms with Crippen LogP contribution in [-0.4, -0.2) is 48.6 Å². The van der Waals surface area contributed by atoms with Crippen LogP contribution in [0.25, 0.3) is 0 Å². The fourth-order valence-electron chi connectivity index (χ4n) is 0.728. The van der Waals surface area contributed by atoms with Gasteiger partial charge >= 0.3 is 0 Å². The summed E-state index contributed by atoms with van der Waals surface area (Å²) in [6, 6.07) is -0.585. The molecule has 0 unspecified atom stereocenters. The quantitative estimate of drug-likeness (QED) is 0.445. The molecule has 13 heavy (non-hydrogen) atoms. The number of amides is 1. The van der Waals surface area contributed by atoms with Crippen LogP contribution in [0.4, 0.5) is 0 Å². The summed E-state index contributed by atoms with van der Waals surface area (Å²) in [5, 5.41) is 19.7. The van der Waals surface area contributed by atoms with Gasteiger partial charge in [0.15, 0.2) is 0 Å². The van der Waals surface area contributed by atoms with E-state index in [1.165, 1.54) is 0 Å². The normalized spacial score (nSPS) is 10.5. The largest absolute Gasteiger partial charge is 0.394 e. The Hall–Kier alpha value is -0.650. The molecule has 0 bridgehead atoms. The van der Waals surface area contributed by atoms with E-state index in [4.69, 9.17) is 14.9 Å². The number of carbonyl (C=O) groups excluding carboxylic acids is 1. The first kappa shape index (κ1) is 12.3. The zero-order valence-corrected chi connectivity index (χ0v) is 7.82. The number of aliphatic hydroxyl groups is 2. The molecule has 0 atom stereocenters. The molecule has 0 aliphatic carbocycles. The lowest BCUT2D eigenvalue weighted by molar-refractivity contribution is -0.127. The molecule has 0 aliphatic rings. The van der Waals surface area contributed by atoms with Gasteiger partial charge in [-0.25, -0.2) is 0 Å². The maximum absolute atomic E-state index is 11.0. The second kappa shape index (κ2) is 7.97. The predicted molar refractivity (Wildman–Crippen MR) is 47.2 cm³/mol. The van der Waals surface area contributed by atoms with Crippen LogP contribution in [0.1, 0.15) is 13.3 Å². The summed E-state index contributed by atoms with van der Waals surface area (Å²) in [6.45, 7) is 1.93.